The molecule has 136 valence electrons. The highest BCUT2D eigenvalue weighted by Crippen LogP contribution is 2.12. The Hall–Kier alpha value is -2.45. The molecule has 8 nitrogen and oxygen atoms in total. The van der Waals surface area contributed by atoms with E-state index >= 15 is 0 Å². The highest BCUT2D eigenvalue weighted by molar-refractivity contribution is 5.99. The SMILES string of the molecule is N=C(N)c1ccc(C(=O)N[C@@H](CCN)C(=O)N2CCC(O)CC2)cc1. The van der Waals surface area contributed by atoms with Gasteiger partial charge in [0.1, 0.15) is 11.9 Å². The summed E-state index contributed by atoms with van der Waals surface area (Å²) in [5.74, 6) is -0.625. The molecule has 0 aliphatic carbocycles. The second-order valence-electron chi connectivity index (χ2n) is 6.15. The van der Waals surface area contributed by atoms with E-state index in [1.807, 2.05) is 0 Å². The van der Waals surface area contributed by atoms with Gasteiger partial charge in [-0.05, 0) is 37.9 Å². The number of benzene rings is 1. The van der Waals surface area contributed by atoms with E-state index < -0.39 is 6.04 Å². The Morgan fingerprint density at radius 2 is 1.80 bits per heavy atom. The van der Waals surface area contributed by atoms with Crippen LogP contribution in [0.25, 0.3) is 0 Å². The van der Waals surface area contributed by atoms with Crippen LogP contribution in [0.2, 0.25) is 0 Å². The van der Waals surface area contributed by atoms with Crippen LogP contribution in [0.1, 0.15) is 35.2 Å². The number of piperidine rings is 1. The lowest BCUT2D eigenvalue weighted by atomic mass is 10.1. The van der Waals surface area contributed by atoms with E-state index in [2.05, 4.69) is 5.32 Å². The lowest BCUT2D eigenvalue weighted by Gasteiger charge is -2.32. The standard InChI is InChI=1S/C17H25N5O3/c18-8-5-14(17(25)22-9-6-13(23)7-10-22)21-16(24)12-3-1-11(2-4-12)15(19)20/h1-4,13-14,23H,5-10,18H2,(H3,19,20)(H,21,24)/t14-/m0/s1. The average molecular weight is 347 g/mol. The van der Waals surface area contributed by atoms with Crippen LogP contribution in [0.4, 0.5) is 0 Å². The predicted molar refractivity (Wildman–Crippen MR) is 94.2 cm³/mol. The molecule has 1 fully saturated rings. The predicted octanol–water partition coefficient (Wildman–Crippen LogP) is -0.599. The van der Waals surface area contributed by atoms with Crippen molar-refractivity contribution in [3.63, 3.8) is 0 Å². The third-order valence-electron chi connectivity index (χ3n) is 4.29. The van der Waals surface area contributed by atoms with Gasteiger partial charge in [-0.25, -0.2) is 0 Å². The fourth-order valence-electron chi connectivity index (χ4n) is 2.77. The molecule has 25 heavy (non-hydrogen) atoms. The molecule has 8 heteroatoms. The topological polar surface area (TPSA) is 146 Å². The lowest BCUT2D eigenvalue weighted by molar-refractivity contribution is -0.135. The minimum atomic E-state index is -0.694. The molecule has 7 N–H and O–H groups in total. The Morgan fingerprint density at radius 1 is 1.24 bits per heavy atom. The van der Waals surface area contributed by atoms with Gasteiger partial charge in [0, 0.05) is 24.2 Å². The molecule has 0 bridgehead atoms. The van der Waals surface area contributed by atoms with Gasteiger partial charge >= 0.3 is 0 Å². The summed E-state index contributed by atoms with van der Waals surface area (Å²) >= 11 is 0. The molecule has 0 saturated carbocycles. The Kier molecular flexibility index (Phi) is 6.49. The van der Waals surface area contributed by atoms with E-state index in [0.717, 1.165) is 0 Å². The number of hydrogen-bond acceptors (Lipinski definition) is 5. The first-order valence-corrected chi connectivity index (χ1v) is 8.34. The van der Waals surface area contributed by atoms with Gasteiger partial charge in [0.25, 0.3) is 5.91 Å². The maximum absolute atomic E-state index is 12.6. The van der Waals surface area contributed by atoms with E-state index in [0.29, 0.717) is 43.5 Å². The van der Waals surface area contributed by atoms with Gasteiger partial charge in [-0.2, -0.15) is 0 Å². The smallest absolute Gasteiger partial charge is 0.251 e. The molecule has 1 aromatic carbocycles. The van der Waals surface area contributed by atoms with Crippen LogP contribution < -0.4 is 16.8 Å². The first-order valence-electron chi connectivity index (χ1n) is 8.34. The molecule has 0 spiro atoms. The van der Waals surface area contributed by atoms with Crippen LogP contribution >= 0.6 is 0 Å². The fourth-order valence-corrected chi connectivity index (χ4v) is 2.77. The van der Waals surface area contributed by atoms with Crippen molar-refractivity contribution in [2.75, 3.05) is 19.6 Å². The summed E-state index contributed by atoms with van der Waals surface area (Å²) in [5.41, 5.74) is 11.9. The normalized spacial score (nSPS) is 16.3. The molecule has 2 amide bonds. The number of carbonyl (C=O) groups is 2. The van der Waals surface area contributed by atoms with Crippen LogP contribution in [-0.2, 0) is 4.79 Å². The molecule has 0 unspecified atom stereocenters. The van der Waals surface area contributed by atoms with Crippen molar-refractivity contribution < 1.29 is 14.7 Å². The molecule has 2 rings (SSSR count). The Labute approximate surface area is 146 Å². The van der Waals surface area contributed by atoms with Gasteiger partial charge in [0.2, 0.25) is 5.91 Å². The number of nitrogens with one attached hydrogen (secondary N) is 2. The summed E-state index contributed by atoms with van der Waals surface area (Å²) in [6.07, 6.45) is 1.06. The number of rotatable bonds is 6. The van der Waals surface area contributed by atoms with Crippen molar-refractivity contribution in [3.05, 3.63) is 35.4 Å². The molecule has 1 atom stereocenters. The number of nitrogens with two attached hydrogens (primary N) is 2. The van der Waals surface area contributed by atoms with Crippen LogP contribution in [0.5, 0.6) is 0 Å². The number of amidine groups is 1. The van der Waals surface area contributed by atoms with E-state index in [-0.39, 0.29) is 30.3 Å². The fraction of sp³-hybridized carbons (Fsp3) is 0.471. The van der Waals surface area contributed by atoms with Crippen LogP contribution in [0.3, 0.4) is 0 Å². The number of aliphatic hydroxyl groups is 1. The summed E-state index contributed by atoms with van der Waals surface area (Å²) < 4.78 is 0. The molecule has 1 heterocycles. The minimum Gasteiger partial charge on any atom is -0.393 e. The van der Waals surface area contributed by atoms with Gasteiger partial charge in [-0.3, -0.25) is 15.0 Å². The number of nitrogen functional groups attached to an aromatic ring is 1. The summed E-state index contributed by atoms with van der Waals surface area (Å²) in [6, 6.07) is 5.60. The van der Waals surface area contributed by atoms with Gasteiger partial charge in [-0.1, -0.05) is 12.1 Å². The monoisotopic (exact) mass is 347 g/mol. The van der Waals surface area contributed by atoms with Crippen molar-refractivity contribution in [2.24, 2.45) is 11.5 Å². The third-order valence-corrected chi connectivity index (χ3v) is 4.29. The zero-order chi connectivity index (χ0) is 18.4. The number of amides is 2. The summed E-state index contributed by atoms with van der Waals surface area (Å²) in [6.45, 7) is 1.23. The first kappa shape index (κ1) is 18.9. The van der Waals surface area contributed by atoms with Gasteiger partial charge in [0.15, 0.2) is 0 Å². The summed E-state index contributed by atoms with van der Waals surface area (Å²) in [5, 5.41) is 19.6. The number of nitrogens with zero attached hydrogens (tertiary/aromatic N) is 1. The van der Waals surface area contributed by atoms with Gasteiger partial charge in [0.05, 0.1) is 6.10 Å². The van der Waals surface area contributed by atoms with E-state index in [4.69, 9.17) is 16.9 Å². The second kappa shape index (κ2) is 8.59. The molecule has 1 saturated heterocycles. The van der Waals surface area contributed by atoms with Crippen molar-refractivity contribution in [1.29, 1.82) is 5.41 Å². The van der Waals surface area contributed by atoms with E-state index in [9.17, 15) is 14.7 Å². The Bertz CT molecular complexity index is 624. The second-order valence-corrected chi connectivity index (χ2v) is 6.15. The van der Waals surface area contributed by atoms with Crippen molar-refractivity contribution in [3.8, 4) is 0 Å². The molecular weight excluding hydrogens is 322 g/mol. The Balaban J connectivity index is 2.03. The molecule has 1 aliphatic rings. The molecular formula is C17H25N5O3. The highest BCUT2D eigenvalue weighted by atomic mass is 16.3. The van der Waals surface area contributed by atoms with E-state index in [1.54, 1.807) is 29.2 Å². The number of carbonyl (C=O) groups excluding carboxylic acids is 2. The third kappa shape index (κ3) is 5.01. The molecule has 0 radical (unpaired) electrons. The number of aliphatic hydroxyl groups excluding tert-OH is 1. The van der Waals surface area contributed by atoms with Crippen molar-refractivity contribution >= 4 is 17.6 Å². The zero-order valence-electron chi connectivity index (χ0n) is 14.1. The number of hydrogen-bond donors (Lipinski definition) is 5. The van der Waals surface area contributed by atoms with Crippen LogP contribution in [-0.4, -0.2) is 59.4 Å². The molecule has 0 aromatic heterocycles. The van der Waals surface area contributed by atoms with Gasteiger partial charge < -0.3 is 26.8 Å². The van der Waals surface area contributed by atoms with Crippen molar-refractivity contribution in [1.82, 2.24) is 10.2 Å². The lowest BCUT2D eigenvalue weighted by Crippen LogP contribution is -2.51. The quantitative estimate of drug-likeness (QED) is 0.344. The average Bonchev–Trinajstić information content (AvgIpc) is 2.61. The van der Waals surface area contributed by atoms with Crippen LogP contribution in [0.15, 0.2) is 24.3 Å². The first-order chi connectivity index (χ1) is 11.9. The van der Waals surface area contributed by atoms with Gasteiger partial charge in [-0.15, -0.1) is 0 Å². The maximum Gasteiger partial charge on any atom is 0.251 e. The minimum absolute atomic E-state index is 0.0737. The summed E-state index contributed by atoms with van der Waals surface area (Å²) in [4.78, 5) is 26.7. The largest absolute Gasteiger partial charge is 0.393 e. The molecule has 1 aliphatic heterocycles. The zero-order valence-corrected chi connectivity index (χ0v) is 14.1. The summed E-state index contributed by atoms with van der Waals surface area (Å²) in [7, 11) is 0. The van der Waals surface area contributed by atoms with Crippen LogP contribution in [0, 0.1) is 5.41 Å². The highest BCUT2D eigenvalue weighted by Gasteiger charge is 2.28. The maximum atomic E-state index is 12.6. The van der Waals surface area contributed by atoms with Crippen molar-refractivity contribution in [2.45, 2.75) is 31.4 Å². The molecule has 1 aromatic rings. The van der Waals surface area contributed by atoms with E-state index in [1.165, 1.54) is 0 Å². The number of likely N-dealkylation sites (tertiary alicyclic amines) is 1. The Morgan fingerprint density at radius 3 is 2.32 bits per heavy atom.